The minimum Gasteiger partial charge on any atom is -0.497 e. The van der Waals surface area contributed by atoms with Crippen LogP contribution in [0.5, 0.6) is 5.75 Å². The number of hydrogen-bond donors (Lipinski definition) is 1. The average Bonchev–Trinajstić information content (AvgIpc) is 2.80. The van der Waals surface area contributed by atoms with Gasteiger partial charge >= 0.3 is 6.09 Å². The van der Waals surface area contributed by atoms with E-state index in [1.807, 2.05) is 37.3 Å². The number of hydrogen-bond acceptors (Lipinski definition) is 5. The number of carbonyl (C=O) groups is 1. The molecule has 6 nitrogen and oxygen atoms in total. The van der Waals surface area contributed by atoms with Crippen molar-refractivity contribution < 1.29 is 18.7 Å². The van der Waals surface area contributed by atoms with Gasteiger partial charge in [0.25, 0.3) is 0 Å². The van der Waals surface area contributed by atoms with Crippen molar-refractivity contribution in [3.63, 3.8) is 0 Å². The molecule has 35 heavy (non-hydrogen) atoms. The molecule has 1 aromatic heterocycles. The molecule has 0 saturated carbocycles. The molecule has 0 aliphatic heterocycles. The van der Waals surface area contributed by atoms with E-state index < -0.39 is 26.6 Å². The van der Waals surface area contributed by atoms with E-state index in [0.29, 0.717) is 18.0 Å². The van der Waals surface area contributed by atoms with Crippen LogP contribution in [0.2, 0.25) is 23.3 Å². The summed E-state index contributed by atoms with van der Waals surface area (Å²) < 4.78 is 17.5. The first-order valence-electron chi connectivity index (χ1n) is 11.7. The summed E-state index contributed by atoms with van der Waals surface area (Å²) >= 11 is 6.19. The van der Waals surface area contributed by atoms with E-state index in [2.05, 4.69) is 50.1 Å². The molecule has 1 N–H and O–H groups in total. The molecule has 0 radical (unpaired) electrons. The Balaban J connectivity index is 2.29. The lowest BCUT2D eigenvalue weighted by Gasteiger charge is -2.41. The van der Waals surface area contributed by atoms with Crippen LogP contribution < -0.4 is 10.1 Å². The lowest BCUT2D eigenvalue weighted by Crippen LogP contribution is -2.48. The van der Waals surface area contributed by atoms with Gasteiger partial charge in [0.05, 0.1) is 19.3 Å². The van der Waals surface area contributed by atoms with Crippen molar-refractivity contribution in [1.82, 2.24) is 10.3 Å². The summed E-state index contributed by atoms with van der Waals surface area (Å²) in [6.07, 6.45) is 7.29. The van der Waals surface area contributed by atoms with Crippen LogP contribution in [0.3, 0.4) is 0 Å². The number of methoxy groups -OCH3 is 1. The van der Waals surface area contributed by atoms with Crippen LogP contribution in [0.25, 0.3) is 0 Å². The van der Waals surface area contributed by atoms with Crippen LogP contribution in [-0.4, -0.2) is 32.5 Å². The highest BCUT2D eigenvalue weighted by Crippen LogP contribution is 2.41. The Labute approximate surface area is 215 Å². The zero-order chi connectivity index (χ0) is 26.2. The Hall–Kier alpha value is -2.53. The molecule has 2 aromatic rings. The second kappa shape index (κ2) is 12.4. The predicted octanol–water partition coefficient (Wildman–Crippen LogP) is 6.82. The van der Waals surface area contributed by atoms with Crippen LogP contribution in [-0.2, 0) is 15.8 Å². The number of aromatic nitrogens is 1. The molecular formula is C27H37ClN2O4Si. The van der Waals surface area contributed by atoms with Crippen LogP contribution in [0, 0.1) is 19.3 Å². The van der Waals surface area contributed by atoms with Gasteiger partial charge in [0, 0.05) is 18.2 Å². The van der Waals surface area contributed by atoms with E-state index in [9.17, 15) is 4.79 Å². The summed E-state index contributed by atoms with van der Waals surface area (Å²) in [7, 11) is -0.625. The molecular weight excluding hydrogens is 480 g/mol. The molecule has 0 saturated heterocycles. The minimum absolute atomic E-state index is 0.0360. The third-order valence-corrected chi connectivity index (χ3v) is 11.2. The van der Waals surface area contributed by atoms with Gasteiger partial charge in [0.1, 0.15) is 17.5 Å². The number of aryl methyl sites for hydroxylation is 1. The van der Waals surface area contributed by atoms with Crippen LogP contribution >= 0.6 is 11.6 Å². The smallest absolute Gasteiger partial charge is 0.407 e. The van der Waals surface area contributed by atoms with Gasteiger partial charge in [-0.1, -0.05) is 44.5 Å². The lowest BCUT2D eigenvalue weighted by atomic mass is 9.99. The molecule has 0 bridgehead atoms. The number of carbonyl (C=O) groups excluding carboxylic acids is 1. The van der Waals surface area contributed by atoms with Gasteiger partial charge in [0.2, 0.25) is 0 Å². The number of halogens is 1. The van der Waals surface area contributed by atoms with Gasteiger partial charge in [-0.2, -0.15) is 0 Å². The normalized spacial score (nSPS) is 13.5. The average molecular weight is 517 g/mol. The van der Waals surface area contributed by atoms with Crippen molar-refractivity contribution in [3.05, 3.63) is 58.4 Å². The molecule has 0 aliphatic rings. The standard InChI is InChI=1S/C27H37ClN2O4Si/c1-9-10-11-23(30-26(31)33-18-20-12-14-22(32-6)15-13-20)24(34-35(7,8)27(3,4)5)21-16-19(2)25(28)29-17-21/h1,12-17,23-24H,10-11,18H2,2-8H3,(H,30,31)/t23-,24-/m1/s1. The summed E-state index contributed by atoms with van der Waals surface area (Å²) in [5, 5.41) is 3.41. The largest absolute Gasteiger partial charge is 0.497 e. The molecule has 8 heteroatoms. The Morgan fingerprint density at radius 1 is 1.26 bits per heavy atom. The first-order chi connectivity index (χ1) is 16.4. The number of alkyl carbamates (subject to hydrolysis) is 1. The summed E-state index contributed by atoms with van der Waals surface area (Å²) in [5.74, 6) is 3.42. The Bertz CT molecular complexity index is 1030. The number of pyridine rings is 1. The van der Waals surface area contributed by atoms with Crippen molar-refractivity contribution in [3.8, 4) is 18.1 Å². The fraction of sp³-hybridized carbons (Fsp3) is 0.481. The van der Waals surface area contributed by atoms with E-state index in [4.69, 9.17) is 31.9 Å². The first-order valence-corrected chi connectivity index (χ1v) is 15.0. The highest BCUT2D eigenvalue weighted by molar-refractivity contribution is 6.74. The SMILES string of the molecule is C#CCC[C@@H](NC(=O)OCc1ccc(OC)cc1)[C@H](O[Si](C)(C)C(C)(C)C)c1cnc(Cl)c(C)c1. The quantitative estimate of drug-likeness (QED) is 0.213. The van der Waals surface area contributed by atoms with Gasteiger partial charge in [-0.25, -0.2) is 9.78 Å². The third kappa shape index (κ3) is 8.27. The summed E-state index contributed by atoms with van der Waals surface area (Å²) in [4.78, 5) is 17.2. The molecule has 0 fully saturated rings. The molecule has 0 aliphatic carbocycles. The molecule has 2 atom stereocenters. The fourth-order valence-corrected chi connectivity index (χ4v) is 4.61. The summed E-state index contributed by atoms with van der Waals surface area (Å²) in [5.41, 5.74) is 2.53. The van der Waals surface area contributed by atoms with Crippen molar-refractivity contribution in [2.75, 3.05) is 7.11 Å². The highest BCUT2D eigenvalue weighted by atomic mass is 35.5. The van der Waals surface area contributed by atoms with Gasteiger partial charge in [-0.05, 0) is 60.8 Å². The van der Waals surface area contributed by atoms with E-state index >= 15 is 0 Å². The molecule has 1 aromatic carbocycles. The van der Waals surface area contributed by atoms with Crippen molar-refractivity contribution in [1.29, 1.82) is 0 Å². The topological polar surface area (TPSA) is 69.7 Å². The van der Waals surface area contributed by atoms with Gasteiger partial charge < -0.3 is 19.2 Å². The number of nitrogens with zero attached hydrogens (tertiary/aromatic N) is 1. The number of nitrogens with one attached hydrogen (secondary N) is 1. The molecule has 1 heterocycles. The fourth-order valence-electron chi connectivity index (χ4n) is 3.21. The number of ether oxygens (including phenoxy) is 2. The van der Waals surface area contributed by atoms with Crippen LogP contribution in [0.15, 0.2) is 36.5 Å². The number of rotatable bonds is 10. The second-order valence-corrected chi connectivity index (χ2v) is 15.2. The highest BCUT2D eigenvalue weighted by Gasteiger charge is 2.41. The molecule has 190 valence electrons. The Morgan fingerprint density at radius 3 is 2.46 bits per heavy atom. The maximum Gasteiger partial charge on any atom is 0.407 e. The monoisotopic (exact) mass is 516 g/mol. The molecule has 0 spiro atoms. The van der Waals surface area contributed by atoms with Crippen LogP contribution in [0.4, 0.5) is 4.79 Å². The number of benzene rings is 1. The van der Waals surface area contributed by atoms with E-state index in [-0.39, 0.29) is 11.6 Å². The molecule has 0 unspecified atom stereocenters. The minimum atomic E-state index is -2.23. The summed E-state index contributed by atoms with van der Waals surface area (Å²) in [6, 6.07) is 8.91. The van der Waals surface area contributed by atoms with Gasteiger partial charge in [-0.15, -0.1) is 12.3 Å². The Kier molecular flexibility index (Phi) is 10.2. The van der Waals surface area contributed by atoms with Crippen molar-refractivity contribution >= 4 is 26.0 Å². The zero-order valence-electron chi connectivity index (χ0n) is 21.8. The second-order valence-electron chi connectivity index (χ2n) is 10.1. The zero-order valence-corrected chi connectivity index (χ0v) is 23.5. The number of terminal acetylenes is 1. The third-order valence-electron chi connectivity index (χ3n) is 6.39. The lowest BCUT2D eigenvalue weighted by molar-refractivity contribution is 0.104. The van der Waals surface area contributed by atoms with Crippen molar-refractivity contribution in [2.24, 2.45) is 0 Å². The number of amides is 1. The maximum atomic E-state index is 12.8. The first kappa shape index (κ1) is 28.7. The van der Waals surface area contributed by atoms with E-state index in [1.54, 1.807) is 13.3 Å². The van der Waals surface area contributed by atoms with Crippen LogP contribution in [0.1, 0.15) is 56.4 Å². The van der Waals surface area contributed by atoms with E-state index in [0.717, 1.165) is 22.4 Å². The Morgan fingerprint density at radius 2 is 1.91 bits per heavy atom. The van der Waals surface area contributed by atoms with Crippen molar-refractivity contribution in [2.45, 2.75) is 77.4 Å². The van der Waals surface area contributed by atoms with Gasteiger partial charge in [-0.3, -0.25) is 0 Å². The molecule has 1 amide bonds. The maximum absolute atomic E-state index is 12.8. The van der Waals surface area contributed by atoms with Gasteiger partial charge in [0.15, 0.2) is 8.32 Å². The molecule has 2 rings (SSSR count). The summed E-state index contributed by atoms with van der Waals surface area (Å²) in [6.45, 7) is 12.9. The predicted molar refractivity (Wildman–Crippen MR) is 143 cm³/mol. The van der Waals surface area contributed by atoms with E-state index in [1.165, 1.54) is 0 Å².